The standard InChI is InChI=1S/C8H6O4.Li.H/c9-7(10)5-3-1-2-4-6(5)8(11)12;;/h1-4H,(H,9,10)(H,11,12);;. The van der Waals surface area contributed by atoms with Gasteiger partial charge in [-0.3, -0.25) is 0 Å². The fourth-order valence-electron chi connectivity index (χ4n) is 0.856. The normalized spacial score (nSPS) is 8.62. The number of hydrogen-bond acceptors (Lipinski definition) is 2. The van der Waals surface area contributed by atoms with Gasteiger partial charge in [-0.2, -0.15) is 0 Å². The van der Waals surface area contributed by atoms with Crippen molar-refractivity contribution in [2.24, 2.45) is 0 Å². The van der Waals surface area contributed by atoms with E-state index in [1.807, 2.05) is 0 Å². The van der Waals surface area contributed by atoms with Gasteiger partial charge in [0, 0.05) is 0 Å². The van der Waals surface area contributed by atoms with Gasteiger partial charge in [0.15, 0.2) is 0 Å². The molecular weight excluding hydrogens is 167 g/mol. The molecule has 0 amide bonds. The number of carboxylic acids is 2. The van der Waals surface area contributed by atoms with Crippen molar-refractivity contribution in [1.82, 2.24) is 0 Å². The van der Waals surface area contributed by atoms with Crippen LogP contribution in [-0.4, -0.2) is 41.0 Å². The monoisotopic (exact) mass is 174 g/mol. The number of carboxylic acid groups (broad SMARTS) is 2. The molecule has 13 heavy (non-hydrogen) atoms. The average molecular weight is 174 g/mol. The van der Waals surface area contributed by atoms with Crippen molar-refractivity contribution in [2.45, 2.75) is 0 Å². The zero-order chi connectivity index (χ0) is 9.14. The quantitative estimate of drug-likeness (QED) is 0.637. The summed E-state index contributed by atoms with van der Waals surface area (Å²) in [7, 11) is 0. The fourth-order valence-corrected chi connectivity index (χ4v) is 0.856. The van der Waals surface area contributed by atoms with Gasteiger partial charge in [0.1, 0.15) is 0 Å². The Kier molecular flexibility index (Phi) is 4.25. The Hall–Kier alpha value is -1.24. The molecule has 0 saturated carbocycles. The van der Waals surface area contributed by atoms with Crippen molar-refractivity contribution in [3.8, 4) is 0 Å². The SMILES string of the molecule is O=C(O)c1ccccc1C(=O)O.[LiH]. The maximum absolute atomic E-state index is 10.5. The van der Waals surface area contributed by atoms with Crippen LogP contribution < -0.4 is 0 Å². The minimum atomic E-state index is -1.23. The molecule has 0 heterocycles. The van der Waals surface area contributed by atoms with E-state index >= 15 is 0 Å². The number of carbonyl (C=O) groups is 2. The van der Waals surface area contributed by atoms with Crippen LogP contribution in [0.2, 0.25) is 0 Å². The second-order valence-electron chi connectivity index (χ2n) is 2.16. The Morgan fingerprint density at radius 2 is 1.23 bits per heavy atom. The molecule has 0 spiro atoms. The molecule has 0 unspecified atom stereocenters. The van der Waals surface area contributed by atoms with Gasteiger partial charge in [-0.25, -0.2) is 9.59 Å². The van der Waals surface area contributed by atoms with E-state index in [0.29, 0.717) is 0 Å². The van der Waals surface area contributed by atoms with Gasteiger partial charge in [-0.1, -0.05) is 12.1 Å². The number of benzene rings is 1. The second-order valence-corrected chi connectivity index (χ2v) is 2.16. The average Bonchev–Trinajstić information content (AvgIpc) is 2.04. The number of aromatic carboxylic acids is 2. The van der Waals surface area contributed by atoms with E-state index in [9.17, 15) is 9.59 Å². The summed E-state index contributed by atoms with van der Waals surface area (Å²) in [6, 6.07) is 5.48. The summed E-state index contributed by atoms with van der Waals surface area (Å²) in [5, 5.41) is 17.1. The molecule has 4 nitrogen and oxygen atoms in total. The summed E-state index contributed by atoms with van der Waals surface area (Å²) >= 11 is 0. The molecule has 0 radical (unpaired) electrons. The third-order valence-corrected chi connectivity index (χ3v) is 1.39. The molecule has 2 N–H and O–H groups in total. The first-order chi connectivity index (χ1) is 5.63. The van der Waals surface area contributed by atoms with Crippen LogP contribution in [0.5, 0.6) is 0 Å². The molecule has 0 fully saturated rings. The van der Waals surface area contributed by atoms with E-state index in [1.54, 1.807) is 0 Å². The van der Waals surface area contributed by atoms with Crippen LogP contribution >= 0.6 is 0 Å². The van der Waals surface area contributed by atoms with Gasteiger partial charge in [0.25, 0.3) is 0 Å². The summed E-state index contributed by atoms with van der Waals surface area (Å²) in [5.41, 5.74) is -0.380. The molecule has 1 rings (SSSR count). The van der Waals surface area contributed by atoms with Crippen molar-refractivity contribution in [2.75, 3.05) is 0 Å². The summed E-state index contributed by atoms with van der Waals surface area (Å²) in [6.45, 7) is 0. The van der Waals surface area contributed by atoms with Crippen molar-refractivity contribution < 1.29 is 19.8 Å². The fraction of sp³-hybridized carbons (Fsp3) is 0. The van der Waals surface area contributed by atoms with E-state index in [2.05, 4.69) is 0 Å². The first kappa shape index (κ1) is 11.8. The zero-order valence-electron chi connectivity index (χ0n) is 6.02. The van der Waals surface area contributed by atoms with E-state index < -0.39 is 11.9 Å². The summed E-state index contributed by atoms with van der Waals surface area (Å²) < 4.78 is 0. The molecule has 1 aromatic carbocycles. The summed E-state index contributed by atoms with van der Waals surface area (Å²) in [4.78, 5) is 20.9. The third-order valence-electron chi connectivity index (χ3n) is 1.39. The molecule has 0 aromatic heterocycles. The van der Waals surface area contributed by atoms with Crippen LogP contribution in [0.1, 0.15) is 20.7 Å². The third kappa shape index (κ3) is 2.62. The molecule has 64 valence electrons. The van der Waals surface area contributed by atoms with E-state index in [-0.39, 0.29) is 30.0 Å². The molecule has 0 bridgehead atoms. The molecule has 1 aromatic rings. The molecule has 0 atom stereocenters. The van der Waals surface area contributed by atoms with Crippen LogP contribution in [0.3, 0.4) is 0 Å². The zero-order valence-corrected chi connectivity index (χ0v) is 6.02. The van der Waals surface area contributed by atoms with Gasteiger partial charge in [-0.05, 0) is 12.1 Å². The van der Waals surface area contributed by atoms with E-state index in [4.69, 9.17) is 10.2 Å². The molecule has 0 aliphatic heterocycles. The minimum absolute atomic E-state index is 0. The predicted octanol–water partition coefficient (Wildman–Crippen LogP) is 0.434. The Bertz CT molecular complexity index is 302. The molecular formula is C8H7LiO4. The molecule has 0 aliphatic carbocycles. The summed E-state index contributed by atoms with van der Waals surface area (Å²) in [6.07, 6.45) is 0. The second kappa shape index (κ2) is 4.70. The van der Waals surface area contributed by atoms with E-state index in [1.165, 1.54) is 24.3 Å². The Balaban J connectivity index is 0.00000144. The Labute approximate surface area is 86.4 Å². The Morgan fingerprint density at radius 1 is 0.923 bits per heavy atom. The predicted molar refractivity (Wildman–Crippen MR) is 47.5 cm³/mol. The van der Waals surface area contributed by atoms with Gasteiger partial charge in [0.2, 0.25) is 0 Å². The topological polar surface area (TPSA) is 74.6 Å². The summed E-state index contributed by atoms with van der Waals surface area (Å²) in [5.74, 6) is -2.46. The Morgan fingerprint density at radius 3 is 1.46 bits per heavy atom. The van der Waals surface area contributed by atoms with Gasteiger partial charge in [-0.15, -0.1) is 0 Å². The van der Waals surface area contributed by atoms with Crippen molar-refractivity contribution in [3.63, 3.8) is 0 Å². The molecule has 5 heteroatoms. The van der Waals surface area contributed by atoms with Crippen molar-refractivity contribution in [1.29, 1.82) is 0 Å². The first-order valence-corrected chi connectivity index (χ1v) is 3.18. The van der Waals surface area contributed by atoms with Gasteiger partial charge >= 0.3 is 30.8 Å². The van der Waals surface area contributed by atoms with Gasteiger partial charge in [0.05, 0.1) is 11.1 Å². The van der Waals surface area contributed by atoms with Crippen LogP contribution in [0.4, 0.5) is 0 Å². The molecule has 0 saturated heterocycles. The van der Waals surface area contributed by atoms with E-state index in [0.717, 1.165) is 0 Å². The first-order valence-electron chi connectivity index (χ1n) is 3.18. The van der Waals surface area contributed by atoms with Gasteiger partial charge < -0.3 is 10.2 Å². The van der Waals surface area contributed by atoms with Crippen LogP contribution in [0, 0.1) is 0 Å². The van der Waals surface area contributed by atoms with Crippen LogP contribution in [0.25, 0.3) is 0 Å². The van der Waals surface area contributed by atoms with Crippen molar-refractivity contribution in [3.05, 3.63) is 35.4 Å². The van der Waals surface area contributed by atoms with Crippen LogP contribution in [-0.2, 0) is 0 Å². The number of rotatable bonds is 2. The van der Waals surface area contributed by atoms with Crippen LogP contribution in [0.15, 0.2) is 24.3 Å². The number of hydrogen-bond donors (Lipinski definition) is 2. The maximum atomic E-state index is 10.5. The molecule has 0 aliphatic rings. The van der Waals surface area contributed by atoms with Crippen molar-refractivity contribution >= 4 is 30.8 Å².